The Hall–Kier alpha value is -2.05. The van der Waals surface area contributed by atoms with Crippen LogP contribution < -0.4 is 0 Å². The second-order valence-corrected chi connectivity index (χ2v) is 5.85. The van der Waals surface area contributed by atoms with E-state index in [0.717, 1.165) is 39.0 Å². The van der Waals surface area contributed by atoms with Crippen LogP contribution in [-0.2, 0) is 4.79 Å². The van der Waals surface area contributed by atoms with Crippen molar-refractivity contribution in [2.24, 2.45) is 0 Å². The van der Waals surface area contributed by atoms with E-state index in [9.17, 15) is 4.79 Å². The Morgan fingerprint density at radius 1 is 1.00 bits per heavy atom. The molecule has 2 aliphatic rings. The predicted octanol–water partition coefficient (Wildman–Crippen LogP) is 2.40. The van der Waals surface area contributed by atoms with Crippen LogP contribution in [0.25, 0.3) is 5.57 Å². The monoisotopic (exact) mass is 294 g/mol. The summed E-state index contributed by atoms with van der Waals surface area (Å²) in [6.07, 6.45) is 5.07. The number of rotatable bonds is 3. The number of hydrogen-bond acceptors (Lipinski definition) is 2. The van der Waals surface area contributed by atoms with Crippen molar-refractivity contribution in [3.8, 4) is 11.8 Å². The highest BCUT2D eigenvalue weighted by Gasteiger charge is 2.18. The summed E-state index contributed by atoms with van der Waals surface area (Å²) in [6.45, 7) is 4.28. The summed E-state index contributed by atoms with van der Waals surface area (Å²) in [5.41, 5.74) is 2.77. The molecule has 0 aliphatic carbocycles. The standard InChI is InChI=1S/C19H22N2O/c22-19-9-6-14-21(19)13-5-4-12-20-15-10-18(11-16-20)17-7-2-1-3-8-17/h1-3,7-8,10H,6,9,11-16H2. The summed E-state index contributed by atoms with van der Waals surface area (Å²) in [5, 5.41) is 0. The first-order valence-corrected chi connectivity index (χ1v) is 8.03. The van der Waals surface area contributed by atoms with Crippen molar-refractivity contribution in [2.45, 2.75) is 19.3 Å². The minimum Gasteiger partial charge on any atom is -0.332 e. The highest BCUT2D eigenvalue weighted by atomic mass is 16.2. The van der Waals surface area contributed by atoms with Crippen LogP contribution in [0.3, 0.4) is 0 Å². The van der Waals surface area contributed by atoms with Crippen molar-refractivity contribution < 1.29 is 4.79 Å². The predicted molar refractivity (Wildman–Crippen MR) is 89.1 cm³/mol. The largest absolute Gasteiger partial charge is 0.332 e. The van der Waals surface area contributed by atoms with E-state index in [-0.39, 0.29) is 5.91 Å². The van der Waals surface area contributed by atoms with Gasteiger partial charge >= 0.3 is 0 Å². The Kier molecular flexibility index (Phi) is 4.92. The van der Waals surface area contributed by atoms with Gasteiger partial charge in [-0.25, -0.2) is 0 Å². The van der Waals surface area contributed by atoms with E-state index in [2.05, 4.69) is 53.1 Å². The minimum absolute atomic E-state index is 0.253. The second kappa shape index (κ2) is 7.29. The van der Waals surface area contributed by atoms with Gasteiger partial charge in [-0.2, -0.15) is 0 Å². The summed E-state index contributed by atoms with van der Waals surface area (Å²) >= 11 is 0. The smallest absolute Gasteiger partial charge is 0.223 e. The molecule has 1 amide bonds. The average molecular weight is 294 g/mol. The lowest BCUT2D eigenvalue weighted by Gasteiger charge is -2.24. The van der Waals surface area contributed by atoms with Crippen LogP contribution in [-0.4, -0.2) is 48.4 Å². The molecule has 1 saturated heterocycles. The second-order valence-electron chi connectivity index (χ2n) is 5.85. The molecule has 3 heteroatoms. The third-order valence-electron chi connectivity index (χ3n) is 4.31. The fraction of sp³-hybridized carbons (Fsp3) is 0.421. The molecule has 0 atom stereocenters. The van der Waals surface area contributed by atoms with Crippen LogP contribution in [0.15, 0.2) is 36.4 Å². The quantitative estimate of drug-likeness (QED) is 0.799. The van der Waals surface area contributed by atoms with E-state index in [1.807, 2.05) is 4.90 Å². The molecule has 3 nitrogen and oxygen atoms in total. The molecule has 114 valence electrons. The van der Waals surface area contributed by atoms with E-state index in [1.54, 1.807) is 0 Å². The van der Waals surface area contributed by atoms with Crippen LogP contribution >= 0.6 is 0 Å². The van der Waals surface area contributed by atoms with Crippen molar-refractivity contribution in [2.75, 3.05) is 32.7 Å². The highest BCUT2D eigenvalue weighted by Crippen LogP contribution is 2.21. The summed E-state index contributed by atoms with van der Waals surface area (Å²) in [7, 11) is 0. The minimum atomic E-state index is 0.253. The van der Waals surface area contributed by atoms with Crippen molar-refractivity contribution in [3.63, 3.8) is 0 Å². The molecular weight excluding hydrogens is 272 g/mol. The summed E-state index contributed by atoms with van der Waals surface area (Å²) in [5.74, 6) is 6.60. The fourth-order valence-corrected chi connectivity index (χ4v) is 2.96. The van der Waals surface area contributed by atoms with Gasteiger partial charge in [0.1, 0.15) is 0 Å². The lowest BCUT2D eigenvalue weighted by molar-refractivity contribution is -0.127. The van der Waals surface area contributed by atoms with E-state index in [0.29, 0.717) is 13.0 Å². The number of carbonyl (C=O) groups is 1. The Bertz CT molecular complexity index is 609. The SMILES string of the molecule is O=C1CCCN1CC#CCN1CC=C(c2ccccc2)CC1. The zero-order valence-corrected chi connectivity index (χ0v) is 12.9. The zero-order chi connectivity index (χ0) is 15.2. The van der Waals surface area contributed by atoms with Gasteiger partial charge in [-0.3, -0.25) is 9.69 Å². The fourth-order valence-electron chi connectivity index (χ4n) is 2.96. The molecule has 0 aromatic heterocycles. The molecule has 0 spiro atoms. The maximum atomic E-state index is 11.5. The number of likely N-dealkylation sites (tertiary alicyclic amines) is 1. The molecular formula is C19H22N2O. The summed E-state index contributed by atoms with van der Waals surface area (Å²) in [6, 6.07) is 10.6. The number of nitrogens with zero attached hydrogens (tertiary/aromatic N) is 2. The van der Waals surface area contributed by atoms with Crippen LogP contribution in [0, 0.1) is 11.8 Å². The lowest BCUT2D eigenvalue weighted by atomic mass is 10.00. The summed E-state index contributed by atoms with van der Waals surface area (Å²) in [4.78, 5) is 15.7. The van der Waals surface area contributed by atoms with Crippen molar-refractivity contribution >= 4 is 11.5 Å². The third-order valence-corrected chi connectivity index (χ3v) is 4.31. The van der Waals surface area contributed by atoms with Crippen LogP contribution in [0.1, 0.15) is 24.8 Å². The molecule has 0 unspecified atom stereocenters. The first-order valence-electron chi connectivity index (χ1n) is 8.03. The van der Waals surface area contributed by atoms with Gasteiger partial charge in [0, 0.05) is 26.1 Å². The maximum Gasteiger partial charge on any atom is 0.223 e. The molecule has 0 bridgehead atoms. The van der Waals surface area contributed by atoms with Gasteiger partial charge in [-0.05, 0) is 24.0 Å². The summed E-state index contributed by atoms with van der Waals surface area (Å²) < 4.78 is 0. The van der Waals surface area contributed by atoms with Gasteiger partial charge in [0.05, 0.1) is 13.1 Å². The Morgan fingerprint density at radius 2 is 1.82 bits per heavy atom. The van der Waals surface area contributed by atoms with Crippen molar-refractivity contribution in [3.05, 3.63) is 42.0 Å². The molecule has 0 N–H and O–H groups in total. The van der Waals surface area contributed by atoms with E-state index in [4.69, 9.17) is 0 Å². The molecule has 2 heterocycles. The van der Waals surface area contributed by atoms with E-state index in [1.165, 1.54) is 11.1 Å². The van der Waals surface area contributed by atoms with Crippen LogP contribution in [0.4, 0.5) is 0 Å². The van der Waals surface area contributed by atoms with Gasteiger partial charge in [0.15, 0.2) is 0 Å². The van der Waals surface area contributed by atoms with Gasteiger partial charge in [-0.1, -0.05) is 48.2 Å². The molecule has 1 aromatic carbocycles. The molecule has 2 aliphatic heterocycles. The molecule has 1 fully saturated rings. The lowest BCUT2D eigenvalue weighted by Crippen LogP contribution is -2.29. The van der Waals surface area contributed by atoms with Crippen molar-refractivity contribution in [1.29, 1.82) is 0 Å². The molecule has 0 radical (unpaired) electrons. The third kappa shape index (κ3) is 3.78. The normalized spacial score (nSPS) is 18.8. The first-order chi connectivity index (χ1) is 10.8. The van der Waals surface area contributed by atoms with Crippen molar-refractivity contribution in [1.82, 2.24) is 9.80 Å². The molecule has 3 rings (SSSR count). The van der Waals surface area contributed by atoms with Gasteiger partial charge in [0.25, 0.3) is 0 Å². The van der Waals surface area contributed by atoms with E-state index < -0.39 is 0 Å². The van der Waals surface area contributed by atoms with Gasteiger partial charge in [-0.15, -0.1) is 0 Å². The average Bonchev–Trinajstić information content (AvgIpc) is 2.98. The molecule has 0 saturated carbocycles. The topological polar surface area (TPSA) is 23.6 Å². The zero-order valence-electron chi connectivity index (χ0n) is 12.9. The molecule has 22 heavy (non-hydrogen) atoms. The maximum absolute atomic E-state index is 11.5. The Morgan fingerprint density at radius 3 is 2.50 bits per heavy atom. The first kappa shape index (κ1) is 14.9. The molecule has 1 aromatic rings. The van der Waals surface area contributed by atoms with Crippen LogP contribution in [0.5, 0.6) is 0 Å². The Balaban J connectivity index is 1.46. The number of benzene rings is 1. The van der Waals surface area contributed by atoms with Gasteiger partial charge < -0.3 is 4.90 Å². The highest BCUT2D eigenvalue weighted by molar-refractivity contribution is 5.78. The van der Waals surface area contributed by atoms with E-state index >= 15 is 0 Å². The van der Waals surface area contributed by atoms with Gasteiger partial charge in [0.2, 0.25) is 5.91 Å². The van der Waals surface area contributed by atoms with Crippen LogP contribution in [0.2, 0.25) is 0 Å². The number of hydrogen-bond donors (Lipinski definition) is 0. The number of carbonyl (C=O) groups excluding carboxylic acids is 1. The number of amides is 1. The Labute approximate surface area is 132 Å².